The number of aryl methyl sites for hydroxylation is 1. The lowest BCUT2D eigenvalue weighted by atomic mass is 10.2. The Balaban J connectivity index is 1.97. The fourth-order valence-corrected chi connectivity index (χ4v) is 2.33. The maximum absolute atomic E-state index is 6.25. The number of nitrogens with one attached hydrogen (secondary N) is 1. The molecule has 1 aliphatic rings. The van der Waals surface area contributed by atoms with Gasteiger partial charge in [-0.3, -0.25) is 0 Å². The van der Waals surface area contributed by atoms with Crippen LogP contribution in [0.1, 0.15) is 35.7 Å². The van der Waals surface area contributed by atoms with E-state index in [1.807, 2.05) is 32.0 Å². The Morgan fingerprint density at radius 2 is 2.00 bits per heavy atom. The molecule has 3 rings (SSSR count). The summed E-state index contributed by atoms with van der Waals surface area (Å²) in [5, 5.41) is 3.94. The van der Waals surface area contributed by atoms with Crippen molar-refractivity contribution in [2.75, 3.05) is 11.1 Å². The molecule has 2 aromatic rings. The van der Waals surface area contributed by atoms with E-state index in [-0.39, 0.29) is 0 Å². The molecule has 0 bridgehead atoms. The summed E-state index contributed by atoms with van der Waals surface area (Å²) >= 11 is 6.25. The van der Waals surface area contributed by atoms with Gasteiger partial charge in [0.25, 0.3) is 0 Å². The van der Waals surface area contributed by atoms with Crippen LogP contribution in [0, 0.1) is 13.8 Å². The van der Waals surface area contributed by atoms with E-state index in [9.17, 15) is 0 Å². The predicted molar refractivity (Wildman–Crippen MR) is 82.6 cm³/mol. The van der Waals surface area contributed by atoms with Crippen LogP contribution in [0.2, 0.25) is 5.02 Å². The predicted octanol–water partition coefficient (Wildman–Crippen LogP) is 3.95. The zero-order valence-electron chi connectivity index (χ0n) is 11.6. The van der Waals surface area contributed by atoms with Crippen molar-refractivity contribution in [1.29, 1.82) is 0 Å². The Morgan fingerprint density at radius 3 is 2.65 bits per heavy atom. The van der Waals surface area contributed by atoms with Gasteiger partial charge in [0.15, 0.2) is 0 Å². The summed E-state index contributed by atoms with van der Waals surface area (Å²) in [6.07, 6.45) is 2.29. The van der Waals surface area contributed by atoms with Crippen molar-refractivity contribution in [2.24, 2.45) is 0 Å². The van der Waals surface area contributed by atoms with Crippen molar-refractivity contribution < 1.29 is 0 Å². The monoisotopic (exact) mass is 288 g/mol. The number of nitrogens with two attached hydrogens (primary N) is 1. The van der Waals surface area contributed by atoms with E-state index >= 15 is 0 Å². The van der Waals surface area contributed by atoms with Gasteiger partial charge in [-0.1, -0.05) is 17.7 Å². The number of nitrogens with zero attached hydrogens (tertiary/aromatic N) is 2. The largest absolute Gasteiger partial charge is 0.383 e. The van der Waals surface area contributed by atoms with E-state index in [0.717, 1.165) is 41.3 Å². The number of nitrogen functional groups attached to an aromatic ring is 1. The minimum absolute atomic E-state index is 0.465. The second-order valence-electron chi connectivity index (χ2n) is 5.32. The van der Waals surface area contributed by atoms with Gasteiger partial charge >= 0.3 is 0 Å². The van der Waals surface area contributed by atoms with Crippen LogP contribution in [0.3, 0.4) is 0 Å². The van der Waals surface area contributed by atoms with Gasteiger partial charge in [-0.25, -0.2) is 9.97 Å². The highest BCUT2D eigenvalue weighted by Crippen LogP contribution is 2.39. The molecule has 0 aliphatic heterocycles. The third-order valence-corrected chi connectivity index (χ3v) is 3.83. The highest BCUT2D eigenvalue weighted by atomic mass is 35.5. The minimum atomic E-state index is 0.465. The Labute approximate surface area is 123 Å². The minimum Gasteiger partial charge on any atom is -0.383 e. The highest BCUT2D eigenvalue weighted by Gasteiger charge is 2.28. The van der Waals surface area contributed by atoms with Crippen molar-refractivity contribution in [3.63, 3.8) is 0 Å². The quantitative estimate of drug-likeness (QED) is 0.897. The normalized spacial score (nSPS) is 14.3. The summed E-state index contributed by atoms with van der Waals surface area (Å²) in [6, 6.07) is 5.88. The van der Waals surface area contributed by atoms with Gasteiger partial charge < -0.3 is 11.1 Å². The van der Waals surface area contributed by atoms with E-state index < -0.39 is 0 Å². The Bertz CT molecular complexity index is 665. The van der Waals surface area contributed by atoms with Gasteiger partial charge in [0.05, 0.1) is 10.7 Å². The standard InChI is InChI=1S/C15H17ClN4/c1-8-3-6-12(11(16)7-8)18-14-9(2)13(17)19-15(20-14)10-4-5-10/h3,6-7,10H,4-5H2,1-2H3,(H3,17,18,19,20). The number of benzene rings is 1. The Hall–Kier alpha value is -1.81. The van der Waals surface area contributed by atoms with Gasteiger partial charge in [-0.15, -0.1) is 0 Å². The lowest BCUT2D eigenvalue weighted by molar-refractivity contribution is 0.928. The van der Waals surface area contributed by atoms with Crippen LogP contribution in [0.5, 0.6) is 0 Å². The molecule has 1 aromatic carbocycles. The first kappa shape index (κ1) is 13.2. The molecule has 3 N–H and O–H groups in total. The Morgan fingerprint density at radius 1 is 1.25 bits per heavy atom. The molecule has 20 heavy (non-hydrogen) atoms. The van der Waals surface area contributed by atoms with Crippen LogP contribution < -0.4 is 11.1 Å². The lowest BCUT2D eigenvalue weighted by Crippen LogP contribution is -2.06. The number of halogens is 1. The van der Waals surface area contributed by atoms with Crippen molar-refractivity contribution in [2.45, 2.75) is 32.6 Å². The molecule has 1 saturated carbocycles. The average Bonchev–Trinajstić information content (AvgIpc) is 3.22. The van der Waals surface area contributed by atoms with E-state index in [1.165, 1.54) is 0 Å². The number of hydrogen-bond acceptors (Lipinski definition) is 4. The first-order valence-corrected chi connectivity index (χ1v) is 7.09. The molecule has 0 amide bonds. The molecule has 4 nitrogen and oxygen atoms in total. The molecule has 5 heteroatoms. The fraction of sp³-hybridized carbons (Fsp3) is 0.333. The van der Waals surface area contributed by atoms with Crippen LogP contribution in [0.15, 0.2) is 18.2 Å². The maximum Gasteiger partial charge on any atom is 0.139 e. The second kappa shape index (κ2) is 4.94. The third-order valence-electron chi connectivity index (χ3n) is 3.52. The third kappa shape index (κ3) is 2.56. The molecule has 0 atom stereocenters. The highest BCUT2D eigenvalue weighted by molar-refractivity contribution is 6.33. The van der Waals surface area contributed by atoms with Gasteiger partial charge in [-0.2, -0.15) is 0 Å². The summed E-state index contributed by atoms with van der Waals surface area (Å²) in [7, 11) is 0. The lowest BCUT2D eigenvalue weighted by Gasteiger charge is -2.13. The first-order chi connectivity index (χ1) is 9.54. The Kier molecular flexibility index (Phi) is 3.26. The van der Waals surface area contributed by atoms with Crippen LogP contribution in [-0.2, 0) is 0 Å². The van der Waals surface area contributed by atoms with E-state index in [2.05, 4.69) is 15.3 Å². The zero-order chi connectivity index (χ0) is 14.3. The van der Waals surface area contributed by atoms with Crippen LogP contribution in [-0.4, -0.2) is 9.97 Å². The molecule has 104 valence electrons. The van der Waals surface area contributed by atoms with Crippen molar-refractivity contribution >= 4 is 28.9 Å². The summed E-state index contributed by atoms with van der Waals surface area (Å²) in [5.41, 5.74) is 8.79. The summed E-state index contributed by atoms with van der Waals surface area (Å²) < 4.78 is 0. The average molecular weight is 289 g/mol. The summed E-state index contributed by atoms with van der Waals surface area (Å²) in [5.74, 6) is 2.57. The van der Waals surface area contributed by atoms with E-state index in [1.54, 1.807) is 0 Å². The van der Waals surface area contributed by atoms with Crippen LogP contribution in [0.4, 0.5) is 17.3 Å². The first-order valence-electron chi connectivity index (χ1n) is 6.72. The summed E-state index contributed by atoms with van der Waals surface area (Å²) in [4.78, 5) is 8.96. The number of aromatic nitrogens is 2. The molecule has 1 fully saturated rings. The number of rotatable bonds is 3. The van der Waals surface area contributed by atoms with E-state index in [0.29, 0.717) is 16.8 Å². The van der Waals surface area contributed by atoms with Crippen molar-refractivity contribution in [3.05, 3.63) is 40.2 Å². The SMILES string of the molecule is Cc1ccc(Nc2nc(C3CC3)nc(N)c2C)c(Cl)c1. The van der Waals surface area contributed by atoms with E-state index in [4.69, 9.17) is 17.3 Å². The molecular formula is C15H17ClN4. The molecule has 0 radical (unpaired) electrons. The number of hydrogen-bond donors (Lipinski definition) is 2. The zero-order valence-corrected chi connectivity index (χ0v) is 12.3. The topological polar surface area (TPSA) is 63.8 Å². The molecule has 0 spiro atoms. The second-order valence-corrected chi connectivity index (χ2v) is 5.73. The van der Waals surface area contributed by atoms with Crippen LogP contribution >= 0.6 is 11.6 Å². The smallest absolute Gasteiger partial charge is 0.139 e. The molecular weight excluding hydrogens is 272 g/mol. The fourth-order valence-electron chi connectivity index (χ4n) is 2.05. The van der Waals surface area contributed by atoms with Gasteiger partial charge in [0.1, 0.15) is 17.5 Å². The molecule has 1 heterocycles. The van der Waals surface area contributed by atoms with Crippen LogP contribution in [0.25, 0.3) is 0 Å². The summed E-state index contributed by atoms with van der Waals surface area (Å²) in [6.45, 7) is 3.92. The van der Waals surface area contributed by atoms with Crippen molar-refractivity contribution in [3.8, 4) is 0 Å². The van der Waals surface area contributed by atoms with Crippen molar-refractivity contribution in [1.82, 2.24) is 9.97 Å². The molecule has 1 aromatic heterocycles. The van der Waals surface area contributed by atoms with Gasteiger partial charge in [0, 0.05) is 11.5 Å². The molecule has 0 unspecified atom stereocenters. The number of anilines is 3. The van der Waals surface area contributed by atoms with Gasteiger partial charge in [-0.05, 0) is 44.4 Å². The molecule has 1 aliphatic carbocycles. The molecule has 0 saturated heterocycles. The van der Waals surface area contributed by atoms with Gasteiger partial charge in [0.2, 0.25) is 0 Å². The maximum atomic E-state index is 6.25.